The Morgan fingerprint density at radius 3 is 2.35 bits per heavy atom. The Labute approximate surface area is 146 Å². The van der Waals surface area contributed by atoms with Crippen LogP contribution in [0.15, 0.2) is 34.5 Å². The SMILES string of the molecule is CCC(=S)NN=C(C)C(=NNC(=S)NC)c1ccc(C=O)cc1. The molecule has 6 nitrogen and oxygen atoms in total. The monoisotopic (exact) mass is 349 g/mol. The molecular weight excluding hydrogens is 330 g/mol. The smallest absolute Gasteiger partial charge is 0.186 e. The summed E-state index contributed by atoms with van der Waals surface area (Å²) < 4.78 is 0. The van der Waals surface area contributed by atoms with Crippen molar-refractivity contribution in [2.45, 2.75) is 20.3 Å². The van der Waals surface area contributed by atoms with Gasteiger partial charge >= 0.3 is 0 Å². The summed E-state index contributed by atoms with van der Waals surface area (Å²) in [6, 6.07) is 7.02. The van der Waals surface area contributed by atoms with E-state index >= 15 is 0 Å². The van der Waals surface area contributed by atoms with Crippen molar-refractivity contribution < 1.29 is 4.79 Å². The molecule has 3 N–H and O–H groups in total. The van der Waals surface area contributed by atoms with Crippen molar-refractivity contribution in [3.63, 3.8) is 0 Å². The van der Waals surface area contributed by atoms with Crippen LogP contribution in [0.1, 0.15) is 36.2 Å². The van der Waals surface area contributed by atoms with Crippen LogP contribution in [0.4, 0.5) is 0 Å². The van der Waals surface area contributed by atoms with Crippen LogP contribution in [0, 0.1) is 0 Å². The number of hydrazone groups is 2. The normalized spacial score (nSPS) is 11.6. The average Bonchev–Trinajstić information content (AvgIpc) is 2.59. The van der Waals surface area contributed by atoms with Crippen LogP contribution >= 0.6 is 24.4 Å². The number of thiocarbonyl (C=S) groups is 2. The van der Waals surface area contributed by atoms with E-state index in [1.54, 1.807) is 31.3 Å². The minimum absolute atomic E-state index is 0.386. The van der Waals surface area contributed by atoms with Crippen molar-refractivity contribution in [1.29, 1.82) is 0 Å². The number of rotatable bonds is 6. The van der Waals surface area contributed by atoms with E-state index in [0.717, 1.165) is 11.8 Å². The van der Waals surface area contributed by atoms with Crippen LogP contribution in [0.2, 0.25) is 0 Å². The van der Waals surface area contributed by atoms with Crippen LogP contribution in [0.5, 0.6) is 0 Å². The van der Waals surface area contributed by atoms with Crippen molar-refractivity contribution in [2.75, 3.05) is 7.05 Å². The predicted molar refractivity (Wildman–Crippen MR) is 102 cm³/mol. The number of aldehydes is 1. The first-order valence-electron chi connectivity index (χ1n) is 6.96. The number of carbonyl (C=O) groups is 1. The maximum atomic E-state index is 10.8. The molecule has 0 atom stereocenters. The fourth-order valence-electron chi connectivity index (χ4n) is 1.51. The Morgan fingerprint density at radius 1 is 1.17 bits per heavy atom. The van der Waals surface area contributed by atoms with Crippen molar-refractivity contribution in [1.82, 2.24) is 16.2 Å². The van der Waals surface area contributed by atoms with Crippen molar-refractivity contribution in [3.8, 4) is 0 Å². The van der Waals surface area contributed by atoms with Crippen LogP contribution in [0.25, 0.3) is 0 Å². The second-order valence-electron chi connectivity index (χ2n) is 4.48. The number of hydrogen-bond donors (Lipinski definition) is 3. The summed E-state index contributed by atoms with van der Waals surface area (Å²) in [7, 11) is 1.70. The van der Waals surface area contributed by atoms with Crippen molar-refractivity contribution >= 4 is 52.2 Å². The second kappa shape index (κ2) is 9.75. The lowest BCUT2D eigenvalue weighted by atomic mass is 10.1. The molecule has 23 heavy (non-hydrogen) atoms. The van der Waals surface area contributed by atoms with Gasteiger partial charge in [0.05, 0.1) is 10.7 Å². The molecule has 8 heteroatoms. The molecule has 0 amide bonds. The molecule has 0 saturated carbocycles. The van der Waals surface area contributed by atoms with Gasteiger partial charge in [-0.1, -0.05) is 43.4 Å². The second-order valence-corrected chi connectivity index (χ2v) is 5.38. The Hall–Kier alpha value is -2.19. The maximum Gasteiger partial charge on any atom is 0.186 e. The first kappa shape index (κ1) is 18.9. The highest BCUT2D eigenvalue weighted by Crippen LogP contribution is 2.06. The first-order chi connectivity index (χ1) is 11.0. The van der Waals surface area contributed by atoms with E-state index in [2.05, 4.69) is 26.4 Å². The summed E-state index contributed by atoms with van der Waals surface area (Å²) in [5, 5.41) is 11.7. The summed E-state index contributed by atoms with van der Waals surface area (Å²) >= 11 is 10.1. The maximum absolute atomic E-state index is 10.8. The highest BCUT2D eigenvalue weighted by Gasteiger charge is 2.09. The Morgan fingerprint density at radius 2 is 1.83 bits per heavy atom. The van der Waals surface area contributed by atoms with Crippen LogP contribution in [-0.2, 0) is 0 Å². The van der Waals surface area contributed by atoms with Crippen molar-refractivity contribution in [2.24, 2.45) is 10.2 Å². The summed E-state index contributed by atoms with van der Waals surface area (Å²) in [6.45, 7) is 3.75. The van der Waals surface area contributed by atoms with Gasteiger partial charge in [0.25, 0.3) is 0 Å². The van der Waals surface area contributed by atoms with Gasteiger partial charge in [0.15, 0.2) is 5.11 Å². The largest absolute Gasteiger partial charge is 0.364 e. The molecule has 1 rings (SSSR count). The third-order valence-corrected chi connectivity index (χ3v) is 3.50. The summed E-state index contributed by atoms with van der Waals surface area (Å²) in [4.78, 5) is 11.4. The molecule has 0 bridgehead atoms. The van der Waals surface area contributed by atoms with E-state index in [1.165, 1.54) is 0 Å². The minimum atomic E-state index is 0.386. The summed E-state index contributed by atoms with van der Waals surface area (Å²) in [5.41, 5.74) is 8.16. The molecule has 122 valence electrons. The van der Waals surface area contributed by atoms with E-state index < -0.39 is 0 Å². The summed E-state index contributed by atoms with van der Waals surface area (Å²) in [6.07, 6.45) is 1.49. The molecule has 0 spiro atoms. The zero-order valence-corrected chi connectivity index (χ0v) is 14.8. The summed E-state index contributed by atoms with van der Waals surface area (Å²) in [5.74, 6) is 0. The van der Waals surface area contributed by atoms with Crippen LogP contribution in [0.3, 0.4) is 0 Å². The van der Waals surface area contributed by atoms with Crippen LogP contribution < -0.4 is 16.2 Å². The third-order valence-electron chi connectivity index (χ3n) is 2.83. The van der Waals surface area contributed by atoms with Crippen LogP contribution in [-0.4, -0.2) is 34.9 Å². The number of benzene rings is 1. The van der Waals surface area contributed by atoms with Gasteiger partial charge in [-0.2, -0.15) is 10.2 Å². The number of nitrogens with zero attached hydrogens (tertiary/aromatic N) is 2. The molecule has 1 aromatic carbocycles. The van der Waals surface area contributed by atoms with E-state index in [4.69, 9.17) is 24.4 Å². The molecular formula is C15H19N5OS2. The number of nitrogens with one attached hydrogen (secondary N) is 3. The predicted octanol–water partition coefficient (Wildman–Crippen LogP) is 2.00. The highest BCUT2D eigenvalue weighted by atomic mass is 32.1. The fourth-order valence-corrected chi connectivity index (χ4v) is 1.61. The zero-order valence-electron chi connectivity index (χ0n) is 13.2. The van der Waals surface area contributed by atoms with Gasteiger partial charge in [-0.05, 0) is 25.6 Å². The Balaban J connectivity index is 3.11. The molecule has 0 aliphatic rings. The zero-order chi connectivity index (χ0) is 17.2. The molecule has 0 aliphatic heterocycles. The quantitative estimate of drug-likeness (QED) is 0.316. The average molecular weight is 349 g/mol. The van der Waals surface area contributed by atoms with E-state index in [9.17, 15) is 4.79 Å². The molecule has 0 heterocycles. The molecule has 0 saturated heterocycles. The van der Waals surface area contributed by atoms with E-state index in [1.807, 2.05) is 13.8 Å². The molecule has 0 aliphatic carbocycles. The standard InChI is InChI=1S/C15H19N5OS2/c1-4-13(22)18-17-10(2)14(19-20-15(23)16-3)12-7-5-11(9-21)6-8-12/h5-9H,4H2,1-3H3,(H,18,22)(H2,16,20,23). The van der Waals surface area contributed by atoms with E-state index in [0.29, 0.717) is 33.5 Å². The lowest BCUT2D eigenvalue weighted by Crippen LogP contribution is -2.31. The highest BCUT2D eigenvalue weighted by molar-refractivity contribution is 7.80. The fraction of sp³-hybridized carbons (Fsp3) is 0.267. The van der Waals surface area contributed by atoms with E-state index in [-0.39, 0.29) is 0 Å². The molecule has 0 radical (unpaired) electrons. The number of hydrogen-bond acceptors (Lipinski definition) is 5. The van der Waals surface area contributed by atoms with Gasteiger partial charge in [-0.25, -0.2) is 0 Å². The van der Waals surface area contributed by atoms with Gasteiger partial charge in [-0.15, -0.1) is 0 Å². The third kappa shape index (κ3) is 6.21. The lowest BCUT2D eigenvalue weighted by Gasteiger charge is -2.09. The first-order valence-corrected chi connectivity index (χ1v) is 7.78. The Bertz CT molecular complexity index is 638. The molecule has 0 aromatic heterocycles. The van der Waals surface area contributed by atoms with Gasteiger partial charge in [0, 0.05) is 18.2 Å². The van der Waals surface area contributed by atoms with Gasteiger partial charge in [-0.3, -0.25) is 15.6 Å². The number of carbonyl (C=O) groups excluding carboxylic acids is 1. The van der Waals surface area contributed by atoms with Gasteiger partial charge in [0.2, 0.25) is 0 Å². The molecule has 0 fully saturated rings. The van der Waals surface area contributed by atoms with Gasteiger partial charge < -0.3 is 5.32 Å². The molecule has 1 aromatic rings. The lowest BCUT2D eigenvalue weighted by molar-refractivity contribution is 0.112. The molecule has 0 unspecified atom stereocenters. The van der Waals surface area contributed by atoms with Gasteiger partial charge in [0.1, 0.15) is 12.0 Å². The topological polar surface area (TPSA) is 77.9 Å². The minimum Gasteiger partial charge on any atom is -0.364 e. The Kier molecular flexibility index (Phi) is 8.00. The van der Waals surface area contributed by atoms with Crippen molar-refractivity contribution in [3.05, 3.63) is 35.4 Å².